The van der Waals surface area contributed by atoms with Gasteiger partial charge in [-0.05, 0) is 47.5 Å². The molecular weight excluding hydrogens is 424 g/mol. The van der Waals surface area contributed by atoms with Crippen molar-refractivity contribution in [1.29, 1.82) is 0 Å². The standard InChI is InChI=1S/C22H18ClF2N5O/c23-16-10-13(3-8-17(16)25)12-30-19(29-18-2-1-9-27-21(18)30)11-28-22(31)20(26)14-4-6-15(24)7-5-14/h1-10,20H,11-12,26H2,(H,28,31)/t20-/m1/s1. The molecule has 9 heteroatoms. The summed E-state index contributed by atoms with van der Waals surface area (Å²) < 4.78 is 28.4. The van der Waals surface area contributed by atoms with Crippen LogP contribution in [0.5, 0.6) is 0 Å². The van der Waals surface area contributed by atoms with Crippen LogP contribution in [-0.4, -0.2) is 20.4 Å². The number of halogens is 3. The van der Waals surface area contributed by atoms with Gasteiger partial charge in [0.15, 0.2) is 5.65 Å². The molecule has 0 aliphatic carbocycles. The first-order valence-corrected chi connectivity index (χ1v) is 9.83. The minimum atomic E-state index is -0.951. The molecule has 2 aromatic carbocycles. The number of carbonyl (C=O) groups excluding carboxylic acids is 1. The van der Waals surface area contributed by atoms with E-state index < -0.39 is 23.6 Å². The number of imidazole rings is 1. The van der Waals surface area contributed by atoms with Gasteiger partial charge in [0.1, 0.15) is 29.0 Å². The van der Waals surface area contributed by atoms with E-state index in [1.54, 1.807) is 24.4 Å². The molecule has 3 N–H and O–H groups in total. The summed E-state index contributed by atoms with van der Waals surface area (Å²) in [6.45, 7) is 0.432. The predicted octanol–water partition coefficient (Wildman–Crippen LogP) is 3.73. The number of nitrogens with zero attached hydrogens (tertiary/aromatic N) is 3. The quantitative estimate of drug-likeness (QED) is 0.477. The van der Waals surface area contributed by atoms with Gasteiger partial charge in [-0.1, -0.05) is 29.8 Å². The molecule has 0 spiro atoms. The fraction of sp³-hybridized carbons (Fsp3) is 0.136. The Labute approximate surface area is 181 Å². The molecule has 0 radical (unpaired) electrons. The fourth-order valence-corrected chi connectivity index (χ4v) is 3.43. The van der Waals surface area contributed by atoms with Gasteiger partial charge in [0.05, 0.1) is 18.1 Å². The number of benzene rings is 2. The number of carbonyl (C=O) groups is 1. The molecule has 0 aliphatic rings. The first-order chi connectivity index (χ1) is 14.9. The highest BCUT2D eigenvalue weighted by molar-refractivity contribution is 6.30. The summed E-state index contributed by atoms with van der Waals surface area (Å²) >= 11 is 5.91. The maximum Gasteiger partial charge on any atom is 0.241 e. The van der Waals surface area contributed by atoms with Crippen LogP contribution in [0.15, 0.2) is 60.8 Å². The Morgan fingerprint density at radius 1 is 1.16 bits per heavy atom. The van der Waals surface area contributed by atoms with Gasteiger partial charge < -0.3 is 15.6 Å². The van der Waals surface area contributed by atoms with Gasteiger partial charge in [-0.15, -0.1) is 0 Å². The van der Waals surface area contributed by atoms with Crippen molar-refractivity contribution >= 4 is 28.7 Å². The van der Waals surface area contributed by atoms with E-state index >= 15 is 0 Å². The second kappa shape index (κ2) is 8.79. The second-order valence-electron chi connectivity index (χ2n) is 6.96. The van der Waals surface area contributed by atoms with Crippen LogP contribution in [0, 0.1) is 11.6 Å². The smallest absolute Gasteiger partial charge is 0.241 e. The van der Waals surface area contributed by atoms with Gasteiger partial charge in [-0.3, -0.25) is 4.79 Å². The van der Waals surface area contributed by atoms with E-state index in [0.29, 0.717) is 29.1 Å². The van der Waals surface area contributed by atoms with Crippen molar-refractivity contribution in [3.8, 4) is 0 Å². The van der Waals surface area contributed by atoms with Crippen molar-refractivity contribution in [1.82, 2.24) is 19.9 Å². The average Bonchev–Trinajstić information content (AvgIpc) is 3.12. The van der Waals surface area contributed by atoms with Crippen LogP contribution in [0.1, 0.15) is 23.0 Å². The molecule has 31 heavy (non-hydrogen) atoms. The van der Waals surface area contributed by atoms with Crippen LogP contribution in [0.2, 0.25) is 5.02 Å². The Morgan fingerprint density at radius 2 is 1.94 bits per heavy atom. The van der Waals surface area contributed by atoms with Crippen LogP contribution in [0.4, 0.5) is 8.78 Å². The Bertz CT molecular complexity index is 1240. The minimum absolute atomic E-state index is 0.0232. The third-order valence-corrected chi connectivity index (χ3v) is 5.13. The van der Waals surface area contributed by atoms with Crippen LogP contribution in [-0.2, 0) is 17.9 Å². The molecule has 0 fully saturated rings. The minimum Gasteiger partial charge on any atom is -0.347 e. The third kappa shape index (κ3) is 4.55. The molecule has 4 aromatic rings. The summed E-state index contributed by atoms with van der Waals surface area (Å²) in [5.41, 5.74) is 8.52. The molecule has 2 heterocycles. The van der Waals surface area contributed by atoms with Crippen LogP contribution in [0.25, 0.3) is 11.2 Å². The van der Waals surface area contributed by atoms with Gasteiger partial charge in [-0.25, -0.2) is 18.7 Å². The Morgan fingerprint density at radius 3 is 2.68 bits per heavy atom. The Hall–Kier alpha value is -3.36. The monoisotopic (exact) mass is 441 g/mol. The third-order valence-electron chi connectivity index (χ3n) is 4.84. The zero-order valence-corrected chi connectivity index (χ0v) is 17.0. The van der Waals surface area contributed by atoms with Gasteiger partial charge >= 0.3 is 0 Å². The lowest BCUT2D eigenvalue weighted by Gasteiger charge is -2.14. The number of hydrogen-bond acceptors (Lipinski definition) is 4. The fourth-order valence-electron chi connectivity index (χ4n) is 3.22. The lowest BCUT2D eigenvalue weighted by molar-refractivity contribution is -0.122. The highest BCUT2D eigenvalue weighted by Gasteiger charge is 2.18. The van der Waals surface area contributed by atoms with Gasteiger partial charge in [0, 0.05) is 6.20 Å². The van der Waals surface area contributed by atoms with Crippen LogP contribution >= 0.6 is 11.6 Å². The number of hydrogen-bond donors (Lipinski definition) is 2. The molecule has 6 nitrogen and oxygen atoms in total. The van der Waals surface area contributed by atoms with Crippen molar-refractivity contribution in [3.63, 3.8) is 0 Å². The number of nitrogens with two attached hydrogens (primary N) is 1. The van der Waals surface area contributed by atoms with E-state index in [-0.39, 0.29) is 11.6 Å². The zero-order valence-electron chi connectivity index (χ0n) is 16.2. The van der Waals surface area contributed by atoms with Gasteiger partial charge in [-0.2, -0.15) is 0 Å². The van der Waals surface area contributed by atoms with E-state index in [4.69, 9.17) is 17.3 Å². The van der Waals surface area contributed by atoms with Crippen molar-refractivity contribution in [2.24, 2.45) is 5.73 Å². The number of amides is 1. The summed E-state index contributed by atoms with van der Waals surface area (Å²) in [7, 11) is 0. The molecule has 0 saturated heterocycles. The maximum absolute atomic E-state index is 13.5. The number of pyridine rings is 1. The summed E-state index contributed by atoms with van der Waals surface area (Å²) in [5, 5.41) is 2.79. The lowest BCUT2D eigenvalue weighted by atomic mass is 10.1. The van der Waals surface area contributed by atoms with Crippen molar-refractivity contribution in [2.45, 2.75) is 19.1 Å². The molecule has 1 atom stereocenters. The lowest BCUT2D eigenvalue weighted by Crippen LogP contribution is -2.34. The molecule has 2 aromatic heterocycles. The van der Waals surface area contributed by atoms with E-state index in [9.17, 15) is 13.6 Å². The normalized spacial score (nSPS) is 12.1. The number of nitrogens with one attached hydrogen (secondary N) is 1. The maximum atomic E-state index is 13.5. The molecule has 0 aliphatic heterocycles. The zero-order chi connectivity index (χ0) is 22.0. The molecule has 0 saturated carbocycles. The van der Waals surface area contributed by atoms with E-state index in [2.05, 4.69) is 15.3 Å². The summed E-state index contributed by atoms with van der Waals surface area (Å²) in [5.74, 6) is -0.781. The molecule has 158 valence electrons. The van der Waals surface area contributed by atoms with Gasteiger partial charge in [0.25, 0.3) is 0 Å². The highest BCUT2D eigenvalue weighted by atomic mass is 35.5. The Balaban J connectivity index is 1.57. The van der Waals surface area contributed by atoms with Crippen molar-refractivity contribution in [3.05, 3.63) is 94.4 Å². The average molecular weight is 442 g/mol. The molecular formula is C22H18ClF2N5O. The molecule has 1 amide bonds. The largest absolute Gasteiger partial charge is 0.347 e. The number of rotatable bonds is 6. The van der Waals surface area contributed by atoms with Crippen molar-refractivity contribution < 1.29 is 13.6 Å². The van der Waals surface area contributed by atoms with Crippen LogP contribution < -0.4 is 11.1 Å². The summed E-state index contributed by atoms with van der Waals surface area (Å²) in [4.78, 5) is 21.5. The van der Waals surface area contributed by atoms with E-state index in [0.717, 1.165) is 5.56 Å². The SMILES string of the molecule is N[C@@H](C(=O)NCc1nc2cccnc2n1Cc1ccc(F)c(Cl)c1)c1ccc(F)cc1. The highest BCUT2D eigenvalue weighted by Crippen LogP contribution is 2.20. The molecule has 0 unspecified atom stereocenters. The van der Waals surface area contributed by atoms with Crippen LogP contribution in [0.3, 0.4) is 0 Å². The first kappa shape index (κ1) is 20.9. The number of aromatic nitrogens is 3. The summed E-state index contributed by atoms with van der Waals surface area (Å²) in [6, 6.07) is 12.5. The summed E-state index contributed by atoms with van der Waals surface area (Å²) in [6.07, 6.45) is 1.64. The molecule has 0 bridgehead atoms. The van der Waals surface area contributed by atoms with E-state index in [1.807, 2.05) is 10.6 Å². The topological polar surface area (TPSA) is 85.8 Å². The predicted molar refractivity (Wildman–Crippen MR) is 113 cm³/mol. The number of fused-ring (bicyclic) bond motifs is 1. The van der Waals surface area contributed by atoms with Gasteiger partial charge in [0.2, 0.25) is 5.91 Å². The first-order valence-electron chi connectivity index (χ1n) is 9.45. The van der Waals surface area contributed by atoms with Crippen molar-refractivity contribution in [2.75, 3.05) is 0 Å². The molecule has 4 rings (SSSR count). The second-order valence-corrected chi connectivity index (χ2v) is 7.36. The van der Waals surface area contributed by atoms with E-state index in [1.165, 1.54) is 30.3 Å². The Kier molecular flexibility index (Phi) is 5.92.